The third-order valence-corrected chi connectivity index (χ3v) is 5.35. The van der Waals surface area contributed by atoms with Crippen LogP contribution in [0.4, 0.5) is 5.69 Å². The van der Waals surface area contributed by atoms with Gasteiger partial charge in [0.15, 0.2) is 0 Å². The minimum Gasteiger partial charge on any atom is -0.372 e. The fourth-order valence-electron chi connectivity index (χ4n) is 4.11. The van der Waals surface area contributed by atoms with Crippen molar-refractivity contribution < 1.29 is 4.79 Å². The summed E-state index contributed by atoms with van der Waals surface area (Å²) in [7, 11) is 0. The first kappa shape index (κ1) is 16.9. The predicted octanol–water partition coefficient (Wildman–Crippen LogP) is 3.75. The maximum atomic E-state index is 12.5. The van der Waals surface area contributed by atoms with Crippen LogP contribution in [-0.2, 0) is 17.8 Å². The molecule has 1 aromatic carbocycles. The van der Waals surface area contributed by atoms with Crippen LogP contribution in [0.3, 0.4) is 0 Å². The van der Waals surface area contributed by atoms with Crippen LogP contribution in [0.15, 0.2) is 18.2 Å². The van der Waals surface area contributed by atoms with Crippen molar-refractivity contribution in [1.82, 2.24) is 4.90 Å². The van der Waals surface area contributed by atoms with E-state index in [0.29, 0.717) is 12.6 Å². The van der Waals surface area contributed by atoms with Gasteiger partial charge in [0.1, 0.15) is 0 Å². The first-order valence-electron chi connectivity index (χ1n) is 9.33. The molecule has 0 N–H and O–H groups in total. The van der Waals surface area contributed by atoms with Crippen molar-refractivity contribution in [2.75, 3.05) is 18.0 Å². The largest absolute Gasteiger partial charge is 0.372 e. The molecular formula is C21H28N2O. The number of carbonyl (C=O) groups is 1. The zero-order valence-electron chi connectivity index (χ0n) is 15.0. The van der Waals surface area contributed by atoms with Gasteiger partial charge in [0, 0.05) is 31.4 Å². The maximum Gasteiger partial charge on any atom is 0.299 e. The summed E-state index contributed by atoms with van der Waals surface area (Å²) in [4.78, 5) is 16.9. The number of hydrogen-bond acceptors (Lipinski definition) is 2. The topological polar surface area (TPSA) is 23.6 Å². The standard InChI is InChI=1S/C21H28N2O/c1-3-8-21(24)23(19-10-5-6-11-19)16-17-12-13-20-18(15-17)9-7-14-22(20)4-2/h12-13,15,19H,4-7,9-11,14,16H2,1-2H3. The summed E-state index contributed by atoms with van der Waals surface area (Å²) < 4.78 is 0. The Hall–Kier alpha value is -1.95. The number of rotatable bonds is 4. The average molecular weight is 324 g/mol. The van der Waals surface area contributed by atoms with E-state index in [9.17, 15) is 4.79 Å². The van der Waals surface area contributed by atoms with Crippen molar-refractivity contribution >= 4 is 11.6 Å². The highest BCUT2D eigenvalue weighted by Gasteiger charge is 2.26. The number of hydrogen-bond donors (Lipinski definition) is 0. The molecule has 0 unspecified atom stereocenters. The van der Waals surface area contributed by atoms with E-state index in [4.69, 9.17) is 0 Å². The molecule has 0 radical (unpaired) electrons. The second-order valence-electron chi connectivity index (χ2n) is 6.89. The van der Waals surface area contributed by atoms with Gasteiger partial charge >= 0.3 is 0 Å². The lowest BCUT2D eigenvalue weighted by atomic mass is 9.98. The smallest absolute Gasteiger partial charge is 0.299 e. The summed E-state index contributed by atoms with van der Waals surface area (Å²) in [6.45, 7) is 6.86. The molecule has 128 valence electrons. The second-order valence-corrected chi connectivity index (χ2v) is 6.89. The number of fused-ring (bicyclic) bond motifs is 1. The normalized spacial score (nSPS) is 17.2. The molecule has 0 aromatic heterocycles. The first-order valence-corrected chi connectivity index (χ1v) is 9.33. The minimum absolute atomic E-state index is 0.0164. The minimum atomic E-state index is -0.0164. The summed E-state index contributed by atoms with van der Waals surface area (Å²) >= 11 is 0. The zero-order valence-corrected chi connectivity index (χ0v) is 15.0. The van der Waals surface area contributed by atoms with Crippen molar-refractivity contribution in [2.45, 2.75) is 65.0 Å². The number of carbonyl (C=O) groups excluding carboxylic acids is 1. The van der Waals surface area contributed by atoms with Gasteiger partial charge in [0.05, 0.1) is 0 Å². The van der Waals surface area contributed by atoms with Crippen LogP contribution in [0.1, 0.15) is 57.1 Å². The first-order chi connectivity index (χ1) is 11.7. The summed E-state index contributed by atoms with van der Waals surface area (Å²) in [5.74, 6) is 5.51. The summed E-state index contributed by atoms with van der Waals surface area (Å²) in [5, 5.41) is 0. The van der Waals surface area contributed by atoms with Gasteiger partial charge in [0.25, 0.3) is 5.91 Å². The molecule has 1 aliphatic carbocycles. The van der Waals surface area contributed by atoms with Gasteiger partial charge in [0.2, 0.25) is 0 Å². The van der Waals surface area contributed by atoms with Gasteiger partial charge < -0.3 is 9.80 Å². The average Bonchev–Trinajstić information content (AvgIpc) is 3.13. The van der Waals surface area contributed by atoms with E-state index in [1.807, 2.05) is 4.90 Å². The Morgan fingerprint density at radius 2 is 2.08 bits per heavy atom. The Bertz CT molecular complexity index is 650. The number of amides is 1. The molecule has 3 heteroatoms. The molecule has 3 nitrogen and oxygen atoms in total. The van der Waals surface area contributed by atoms with Crippen LogP contribution >= 0.6 is 0 Å². The lowest BCUT2D eigenvalue weighted by molar-refractivity contribution is -0.127. The fraction of sp³-hybridized carbons (Fsp3) is 0.571. The number of aryl methyl sites for hydroxylation is 1. The van der Waals surface area contributed by atoms with E-state index >= 15 is 0 Å². The molecule has 1 fully saturated rings. The third-order valence-electron chi connectivity index (χ3n) is 5.35. The Morgan fingerprint density at radius 3 is 2.79 bits per heavy atom. The molecule has 2 aliphatic rings. The number of nitrogens with zero attached hydrogens (tertiary/aromatic N) is 2. The molecule has 24 heavy (non-hydrogen) atoms. The Kier molecular flexibility index (Phi) is 5.45. The quantitative estimate of drug-likeness (QED) is 0.788. The van der Waals surface area contributed by atoms with E-state index in [0.717, 1.165) is 32.4 Å². The molecule has 0 atom stereocenters. The van der Waals surface area contributed by atoms with Gasteiger partial charge in [-0.1, -0.05) is 30.9 Å². The highest BCUT2D eigenvalue weighted by molar-refractivity contribution is 5.93. The van der Waals surface area contributed by atoms with E-state index in [2.05, 4.69) is 41.9 Å². The monoisotopic (exact) mass is 324 g/mol. The van der Waals surface area contributed by atoms with Crippen molar-refractivity contribution in [2.24, 2.45) is 0 Å². The summed E-state index contributed by atoms with van der Waals surface area (Å²) in [5.41, 5.74) is 4.05. The zero-order chi connectivity index (χ0) is 16.9. The Balaban J connectivity index is 1.81. The van der Waals surface area contributed by atoms with Crippen molar-refractivity contribution in [3.05, 3.63) is 29.3 Å². The van der Waals surface area contributed by atoms with Gasteiger partial charge in [-0.2, -0.15) is 0 Å². The SMILES string of the molecule is CC#CC(=O)N(Cc1ccc2c(c1)CCCN2CC)C1CCCC1. The highest BCUT2D eigenvalue weighted by Crippen LogP contribution is 2.30. The molecule has 1 heterocycles. The predicted molar refractivity (Wildman–Crippen MR) is 98.9 cm³/mol. The van der Waals surface area contributed by atoms with E-state index in [1.165, 1.54) is 36.1 Å². The van der Waals surface area contributed by atoms with Gasteiger partial charge in [-0.05, 0) is 62.6 Å². The third kappa shape index (κ3) is 3.59. The van der Waals surface area contributed by atoms with E-state index < -0.39 is 0 Å². The molecule has 1 aromatic rings. The van der Waals surface area contributed by atoms with Crippen LogP contribution in [-0.4, -0.2) is 29.9 Å². The fourth-order valence-corrected chi connectivity index (χ4v) is 4.11. The Morgan fingerprint density at radius 1 is 1.29 bits per heavy atom. The summed E-state index contributed by atoms with van der Waals surface area (Å²) in [6.07, 6.45) is 7.05. The summed E-state index contributed by atoms with van der Waals surface area (Å²) in [6, 6.07) is 7.12. The van der Waals surface area contributed by atoms with Gasteiger partial charge in [-0.3, -0.25) is 4.79 Å². The molecule has 1 saturated carbocycles. The van der Waals surface area contributed by atoms with Crippen LogP contribution in [0.25, 0.3) is 0 Å². The van der Waals surface area contributed by atoms with E-state index in [1.54, 1.807) is 6.92 Å². The van der Waals surface area contributed by atoms with Crippen LogP contribution < -0.4 is 4.90 Å². The molecule has 0 spiro atoms. The molecular weight excluding hydrogens is 296 g/mol. The number of anilines is 1. The molecule has 3 rings (SSSR count). The molecule has 1 aliphatic heterocycles. The van der Waals surface area contributed by atoms with E-state index in [-0.39, 0.29) is 5.91 Å². The lowest BCUT2D eigenvalue weighted by Crippen LogP contribution is -2.37. The van der Waals surface area contributed by atoms with Gasteiger partial charge in [-0.15, -0.1) is 0 Å². The molecule has 1 amide bonds. The number of benzene rings is 1. The van der Waals surface area contributed by atoms with Crippen LogP contribution in [0, 0.1) is 11.8 Å². The van der Waals surface area contributed by atoms with Gasteiger partial charge in [-0.25, -0.2) is 0 Å². The maximum absolute atomic E-state index is 12.5. The molecule has 0 saturated heterocycles. The highest BCUT2D eigenvalue weighted by atomic mass is 16.2. The Labute approximate surface area is 146 Å². The van der Waals surface area contributed by atoms with Crippen LogP contribution in [0.2, 0.25) is 0 Å². The van der Waals surface area contributed by atoms with Crippen molar-refractivity contribution in [3.8, 4) is 11.8 Å². The second kappa shape index (κ2) is 7.75. The van der Waals surface area contributed by atoms with Crippen LogP contribution in [0.5, 0.6) is 0 Å². The molecule has 0 bridgehead atoms. The van der Waals surface area contributed by atoms with Crippen molar-refractivity contribution in [1.29, 1.82) is 0 Å². The van der Waals surface area contributed by atoms with Crippen molar-refractivity contribution in [3.63, 3.8) is 0 Å². The lowest BCUT2D eigenvalue weighted by Gasteiger charge is -2.32.